The zero-order chi connectivity index (χ0) is 22.7. The van der Waals surface area contributed by atoms with Gasteiger partial charge in [-0.15, -0.1) is 0 Å². The Labute approximate surface area is 196 Å². The number of imide groups is 1. The molecule has 1 aliphatic rings. The van der Waals surface area contributed by atoms with Crippen LogP contribution in [0, 0.1) is 0 Å². The largest absolute Gasteiger partial charge is 0.495 e. The molecule has 0 spiro atoms. The minimum Gasteiger partial charge on any atom is -0.495 e. The standard InChI is InChI=1S/C25H21ClN2O3S/c1-3-16-8-12-18(13-9-16)27-22-23(32-19-14-10-17(26)11-15-19)25(30)28(24(22)29)20-6-4-5-7-21(20)31-2/h4-15,27H,3H2,1-2H3. The SMILES string of the molecule is CCc1ccc(NC2=C(Sc3ccc(Cl)cc3)C(=O)N(c3ccccc3OC)C2=O)cc1. The Balaban J connectivity index is 1.74. The predicted octanol–water partition coefficient (Wildman–Crippen LogP) is 5.90. The Kier molecular flexibility index (Phi) is 6.53. The molecule has 0 fully saturated rings. The van der Waals surface area contributed by atoms with E-state index in [4.69, 9.17) is 16.3 Å². The summed E-state index contributed by atoms with van der Waals surface area (Å²) < 4.78 is 5.39. The lowest BCUT2D eigenvalue weighted by Crippen LogP contribution is -2.32. The maximum absolute atomic E-state index is 13.5. The Morgan fingerprint density at radius 2 is 1.62 bits per heavy atom. The molecule has 0 radical (unpaired) electrons. The summed E-state index contributed by atoms with van der Waals surface area (Å²) in [5.41, 5.74) is 2.54. The van der Waals surface area contributed by atoms with Crippen molar-refractivity contribution in [1.29, 1.82) is 0 Å². The number of halogens is 1. The van der Waals surface area contributed by atoms with Crippen LogP contribution in [0.15, 0.2) is 88.3 Å². The number of carbonyl (C=O) groups is 2. The van der Waals surface area contributed by atoms with Crippen LogP contribution in [0.1, 0.15) is 12.5 Å². The molecule has 162 valence electrons. The van der Waals surface area contributed by atoms with Crippen molar-refractivity contribution in [3.8, 4) is 5.75 Å². The predicted molar refractivity (Wildman–Crippen MR) is 129 cm³/mol. The van der Waals surface area contributed by atoms with Crippen LogP contribution in [0.25, 0.3) is 0 Å². The van der Waals surface area contributed by atoms with Gasteiger partial charge in [0.05, 0.1) is 12.8 Å². The number of aryl methyl sites for hydroxylation is 1. The molecule has 32 heavy (non-hydrogen) atoms. The number of hydrogen-bond acceptors (Lipinski definition) is 5. The maximum Gasteiger partial charge on any atom is 0.283 e. The number of thioether (sulfide) groups is 1. The van der Waals surface area contributed by atoms with Gasteiger partial charge in [-0.3, -0.25) is 9.59 Å². The zero-order valence-corrected chi connectivity index (χ0v) is 19.2. The lowest BCUT2D eigenvalue weighted by atomic mass is 10.1. The van der Waals surface area contributed by atoms with Gasteiger partial charge in [0.25, 0.3) is 11.8 Å². The van der Waals surface area contributed by atoms with Crippen molar-refractivity contribution in [2.45, 2.75) is 18.2 Å². The normalized spacial score (nSPS) is 13.7. The minimum absolute atomic E-state index is 0.227. The molecule has 1 N–H and O–H groups in total. The maximum atomic E-state index is 13.5. The third-order valence-corrected chi connectivity index (χ3v) is 6.38. The van der Waals surface area contributed by atoms with Gasteiger partial charge in [0.2, 0.25) is 0 Å². The lowest BCUT2D eigenvalue weighted by Gasteiger charge is -2.18. The number of anilines is 2. The van der Waals surface area contributed by atoms with E-state index in [0.717, 1.165) is 21.9 Å². The van der Waals surface area contributed by atoms with E-state index in [1.54, 1.807) is 36.4 Å². The van der Waals surface area contributed by atoms with Crippen molar-refractivity contribution in [3.63, 3.8) is 0 Å². The highest BCUT2D eigenvalue weighted by molar-refractivity contribution is 8.04. The molecule has 0 aliphatic carbocycles. The first-order valence-electron chi connectivity index (χ1n) is 10.1. The number of benzene rings is 3. The van der Waals surface area contributed by atoms with Crippen LogP contribution in [0.4, 0.5) is 11.4 Å². The molecule has 7 heteroatoms. The summed E-state index contributed by atoms with van der Waals surface area (Å²) in [4.78, 5) is 29.2. The monoisotopic (exact) mass is 464 g/mol. The second-order valence-corrected chi connectivity index (χ2v) is 8.57. The molecule has 5 nitrogen and oxygen atoms in total. The smallest absolute Gasteiger partial charge is 0.283 e. The van der Waals surface area contributed by atoms with Gasteiger partial charge >= 0.3 is 0 Å². The zero-order valence-electron chi connectivity index (χ0n) is 17.6. The molecule has 3 aromatic carbocycles. The summed E-state index contributed by atoms with van der Waals surface area (Å²) in [7, 11) is 1.51. The van der Waals surface area contributed by atoms with Gasteiger partial charge in [-0.2, -0.15) is 0 Å². The fourth-order valence-corrected chi connectivity index (χ4v) is 4.39. The van der Waals surface area contributed by atoms with Crippen molar-refractivity contribution in [2.24, 2.45) is 0 Å². The van der Waals surface area contributed by atoms with Gasteiger partial charge in [0, 0.05) is 15.6 Å². The first-order chi connectivity index (χ1) is 15.5. The van der Waals surface area contributed by atoms with Gasteiger partial charge in [0.1, 0.15) is 16.4 Å². The highest BCUT2D eigenvalue weighted by atomic mass is 35.5. The molecule has 0 saturated carbocycles. The van der Waals surface area contributed by atoms with Crippen molar-refractivity contribution in [2.75, 3.05) is 17.3 Å². The highest BCUT2D eigenvalue weighted by Gasteiger charge is 2.41. The van der Waals surface area contributed by atoms with Crippen molar-refractivity contribution >= 4 is 46.6 Å². The fourth-order valence-electron chi connectivity index (χ4n) is 3.34. The Bertz CT molecular complexity index is 1190. The lowest BCUT2D eigenvalue weighted by molar-refractivity contribution is -0.120. The Morgan fingerprint density at radius 1 is 0.938 bits per heavy atom. The van der Waals surface area contributed by atoms with Gasteiger partial charge < -0.3 is 10.1 Å². The third kappa shape index (κ3) is 4.38. The molecular formula is C25H21ClN2O3S. The van der Waals surface area contributed by atoms with Crippen LogP contribution in [-0.4, -0.2) is 18.9 Å². The van der Waals surface area contributed by atoms with E-state index in [0.29, 0.717) is 21.4 Å². The van der Waals surface area contributed by atoms with Crippen LogP contribution in [0.5, 0.6) is 5.75 Å². The number of ether oxygens (including phenoxy) is 1. The van der Waals surface area contributed by atoms with Crippen molar-refractivity contribution < 1.29 is 14.3 Å². The van der Waals surface area contributed by atoms with Crippen molar-refractivity contribution in [3.05, 3.63) is 94.0 Å². The third-order valence-electron chi connectivity index (χ3n) is 5.03. The molecule has 1 aliphatic heterocycles. The number of nitrogens with one attached hydrogen (secondary N) is 1. The molecule has 0 unspecified atom stereocenters. The van der Waals surface area contributed by atoms with E-state index in [1.165, 1.54) is 24.4 Å². The van der Waals surface area contributed by atoms with Crippen molar-refractivity contribution in [1.82, 2.24) is 0 Å². The van der Waals surface area contributed by atoms with Gasteiger partial charge in [-0.1, -0.05) is 54.6 Å². The molecule has 1 heterocycles. The van der Waals surface area contributed by atoms with Crippen LogP contribution >= 0.6 is 23.4 Å². The molecule has 0 aromatic heterocycles. The summed E-state index contributed by atoms with van der Waals surface area (Å²) in [6, 6.07) is 21.9. The first-order valence-corrected chi connectivity index (χ1v) is 11.3. The van der Waals surface area contributed by atoms with E-state index in [2.05, 4.69) is 12.2 Å². The summed E-state index contributed by atoms with van der Waals surface area (Å²) >= 11 is 7.22. The number of hydrogen-bond donors (Lipinski definition) is 1. The van der Waals surface area contributed by atoms with Gasteiger partial charge in [-0.05, 0) is 60.5 Å². The Morgan fingerprint density at radius 3 is 2.28 bits per heavy atom. The number of rotatable bonds is 7. The number of methoxy groups -OCH3 is 1. The highest BCUT2D eigenvalue weighted by Crippen LogP contribution is 2.40. The van der Waals surface area contributed by atoms with E-state index in [-0.39, 0.29) is 5.70 Å². The molecule has 4 rings (SSSR count). The van der Waals surface area contributed by atoms with E-state index in [9.17, 15) is 9.59 Å². The van der Waals surface area contributed by atoms with Gasteiger partial charge in [-0.25, -0.2) is 4.90 Å². The summed E-state index contributed by atoms with van der Waals surface area (Å²) in [6.07, 6.45) is 0.916. The molecule has 0 saturated heterocycles. The molecular weight excluding hydrogens is 444 g/mol. The Hall–Kier alpha value is -3.22. The van der Waals surface area contributed by atoms with Crippen LogP contribution in [0.2, 0.25) is 5.02 Å². The molecule has 2 amide bonds. The minimum atomic E-state index is -0.435. The first kappa shape index (κ1) is 22.0. The second-order valence-electron chi connectivity index (χ2n) is 7.05. The fraction of sp³-hybridized carbons (Fsp3) is 0.120. The van der Waals surface area contributed by atoms with Crippen LogP contribution < -0.4 is 15.0 Å². The van der Waals surface area contributed by atoms with Crippen LogP contribution in [-0.2, 0) is 16.0 Å². The average Bonchev–Trinajstić information content (AvgIpc) is 3.04. The average molecular weight is 465 g/mol. The van der Waals surface area contributed by atoms with E-state index < -0.39 is 11.8 Å². The quantitative estimate of drug-likeness (QED) is 0.441. The van der Waals surface area contributed by atoms with Crippen LogP contribution in [0.3, 0.4) is 0 Å². The summed E-state index contributed by atoms with van der Waals surface area (Å²) in [5, 5.41) is 3.77. The number of carbonyl (C=O) groups excluding carboxylic acids is 2. The van der Waals surface area contributed by atoms with Gasteiger partial charge in [0.15, 0.2) is 0 Å². The number of nitrogens with zero attached hydrogens (tertiary/aromatic N) is 1. The number of para-hydroxylation sites is 2. The molecule has 0 atom stereocenters. The van der Waals surface area contributed by atoms with E-state index >= 15 is 0 Å². The number of amides is 2. The molecule has 0 bridgehead atoms. The summed E-state index contributed by atoms with van der Waals surface area (Å²) in [6.45, 7) is 2.08. The molecule has 3 aromatic rings. The summed E-state index contributed by atoms with van der Waals surface area (Å²) in [5.74, 6) is -0.402. The second kappa shape index (κ2) is 9.51. The topological polar surface area (TPSA) is 58.6 Å². The van der Waals surface area contributed by atoms with E-state index in [1.807, 2.05) is 36.4 Å².